The fraction of sp³-hybridized carbons (Fsp3) is 0.889. The molecular formula is C9H17NO3. The zero-order valence-electron chi connectivity index (χ0n) is 8.66. The smallest absolute Gasteiger partial charge is 0.251 e. The third kappa shape index (κ3) is 2.00. The van der Waals surface area contributed by atoms with E-state index in [0.717, 1.165) is 0 Å². The van der Waals surface area contributed by atoms with Crippen molar-refractivity contribution >= 4 is 5.91 Å². The Hall–Kier alpha value is -0.610. The second-order valence-corrected chi connectivity index (χ2v) is 4.07. The van der Waals surface area contributed by atoms with Crippen LogP contribution in [0.4, 0.5) is 0 Å². The van der Waals surface area contributed by atoms with Crippen molar-refractivity contribution in [1.82, 2.24) is 5.06 Å². The SMILES string of the molecule is CON(C)C(=O)[C@H]1COCC1(C)C. The van der Waals surface area contributed by atoms with Gasteiger partial charge in [-0.1, -0.05) is 13.8 Å². The molecule has 76 valence electrons. The Bertz CT molecular complexity index is 203. The number of ether oxygens (including phenoxy) is 1. The number of hydrogen-bond acceptors (Lipinski definition) is 3. The molecule has 1 aliphatic rings. The van der Waals surface area contributed by atoms with Gasteiger partial charge < -0.3 is 4.74 Å². The van der Waals surface area contributed by atoms with E-state index in [2.05, 4.69) is 0 Å². The van der Waals surface area contributed by atoms with E-state index in [0.29, 0.717) is 13.2 Å². The van der Waals surface area contributed by atoms with Gasteiger partial charge in [-0.25, -0.2) is 5.06 Å². The van der Waals surface area contributed by atoms with Crippen LogP contribution in [0.5, 0.6) is 0 Å². The first kappa shape index (κ1) is 10.5. The molecule has 0 bridgehead atoms. The first-order valence-electron chi connectivity index (χ1n) is 4.38. The van der Waals surface area contributed by atoms with Gasteiger partial charge in [-0.2, -0.15) is 0 Å². The fourth-order valence-electron chi connectivity index (χ4n) is 1.48. The van der Waals surface area contributed by atoms with E-state index in [1.807, 2.05) is 13.8 Å². The van der Waals surface area contributed by atoms with Crippen LogP contribution in [-0.2, 0) is 14.4 Å². The molecule has 4 heteroatoms. The lowest BCUT2D eigenvalue weighted by atomic mass is 9.81. The molecule has 0 spiro atoms. The Balaban J connectivity index is 2.66. The molecule has 0 unspecified atom stereocenters. The number of carbonyl (C=O) groups is 1. The lowest BCUT2D eigenvalue weighted by Gasteiger charge is -2.26. The van der Waals surface area contributed by atoms with Crippen LogP contribution >= 0.6 is 0 Å². The van der Waals surface area contributed by atoms with Crippen molar-refractivity contribution in [1.29, 1.82) is 0 Å². The van der Waals surface area contributed by atoms with Crippen molar-refractivity contribution in [2.24, 2.45) is 11.3 Å². The van der Waals surface area contributed by atoms with Crippen molar-refractivity contribution in [2.45, 2.75) is 13.8 Å². The molecule has 1 atom stereocenters. The molecule has 0 saturated carbocycles. The highest BCUT2D eigenvalue weighted by Gasteiger charge is 2.42. The molecule has 1 rings (SSSR count). The summed E-state index contributed by atoms with van der Waals surface area (Å²) in [4.78, 5) is 16.6. The highest BCUT2D eigenvalue weighted by molar-refractivity contribution is 5.78. The second-order valence-electron chi connectivity index (χ2n) is 4.07. The van der Waals surface area contributed by atoms with Crippen LogP contribution in [0.1, 0.15) is 13.8 Å². The van der Waals surface area contributed by atoms with Gasteiger partial charge in [0, 0.05) is 12.5 Å². The second kappa shape index (κ2) is 3.64. The molecular weight excluding hydrogens is 170 g/mol. The summed E-state index contributed by atoms with van der Waals surface area (Å²) in [5.74, 6) is -0.0950. The standard InChI is InChI=1S/C9H17NO3/c1-9(2)6-13-5-7(9)8(11)10(3)12-4/h7H,5-6H2,1-4H3/t7-/m1/s1. The van der Waals surface area contributed by atoms with E-state index in [1.165, 1.54) is 12.2 Å². The van der Waals surface area contributed by atoms with Gasteiger partial charge in [0.15, 0.2) is 0 Å². The molecule has 13 heavy (non-hydrogen) atoms. The third-order valence-electron chi connectivity index (χ3n) is 2.58. The van der Waals surface area contributed by atoms with Crippen LogP contribution in [0.3, 0.4) is 0 Å². The first-order valence-corrected chi connectivity index (χ1v) is 4.38. The van der Waals surface area contributed by atoms with Crippen LogP contribution in [0.2, 0.25) is 0 Å². The van der Waals surface area contributed by atoms with E-state index in [4.69, 9.17) is 9.57 Å². The first-order chi connectivity index (χ1) is 5.99. The summed E-state index contributed by atoms with van der Waals surface area (Å²) in [6, 6.07) is 0. The Morgan fingerprint density at radius 3 is 2.62 bits per heavy atom. The summed E-state index contributed by atoms with van der Waals surface area (Å²) in [7, 11) is 3.11. The topological polar surface area (TPSA) is 38.8 Å². The molecule has 1 saturated heterocycles. The number of carbonyl (C=O) groups excluding carboxylic acids is 1. The summed E-state index contributed by atoms with van der Waals surface area (Å²) < 4.78 is 5.29. The summed E-state index contributed by atoms with van der Waals surface area (Å²) in [5.41, 5.74) is -0.0795. The summed E-state index contributed by atoms with van der Waals surface area (Å²) in [5, 5.41) is 1.26. The predicted molar refractivity (Wildman–Crippen MR) is 47.9 cm³/mol. The molecule has 1 amide bonds. The maximum Gasteiger partial charge on any atom is 0.251 e. The summed E-state index contributed by atoms with van der Waals surface area (Å²) >= 11 is 0. The van der Waals surface area contributed by atoms with Gasteiger partial charge in [0.2, 0.25) is 0 Å². The number of amides is 1. The highest BCUT2D eigenvalue weighted by Crippen LogP contribution is 2.34. The van der Waals surface area contributed by atoms with Crippen LogP contribution in [-0.4, -0.2) is 38.3 Å². The van der Waals surface area contributed by atoms with Gasteiger partial charge in [-0.3, -0.25) is 9.63 Å². The number of hydroxylamine groups is 2. The molecule has 0 aromatic heterocycles. The number of hydrogen-bond donors (Lipinski definition) is 0. The Morgan fingerprint density at radius 1 is 1.62 bits per heavy atom. The van der Waals surface area contributed by atoms with E-state index < -0.39 is 0 Å². The van der Waals surface area contributed by atoms with E-state index in [-0.39, 0.29) is 17.2 Å². The van der Waals surface area contributed by atoms with Gasteiger partial charge in [0.1, 0.15) is 0 Å². The molecule has 0 aliphatic carbocycles. The van der Waals surface area contributed by atoms with Crippen molar-refractivity contribution in [2.75, 3.05) is 27.4 Å². The average Bonchev–Trinajstić information content (AvgIpc) is 2.42. The maximum atomic E-state index is 11.7. The van der Waals surface area contributed by atoms with Gasteiger partial charge in [0.05, 0.1) is 26.2 Å². The largest absolute Gasteiger partial charge is 0.380 e. The minimum Gasteiger partial charge on any atom is -0.380 e. The molecule has 0 aromatic carbocycles. The monoisotopic (exact) mass is 187 g/mol. The van der Waals surface area contributed by atoms with Crippen LogP contribution < -0.4 is 0 Å². The van der Waals surface area contributed by atoms with Crippen LogP contribution in [0, 0.1) is 11.3 Å². The lowest BCUT2D eigenvalue weighted by molar-refractivity contribution is -0.175. The van der Waals surface area contributed by atoms with E-state index >= 15 is 0 Å². The van der Waals surface area contributed by atoms with Crippen LogP contribution in [0.15, 0.2) is 0 Å². The third-order valence-corrected chi connectivity index (χ3v) is 2.58. The molecule has 0 radical (unpaired) electrons. The molecule has 4 nitrogen and oxygen atoms in total. The van der Waals surface area contributed by atoms with E-state index in [1.54, 1.807) is 7.05 Å². The number of rotatable bonds is 2. The van der Waals surface area contributed by atoms with Crippen molar-refractivity contribution < 1.29 is 14.4 Å². The van der Waals surface area contributed by atoms with E-state index in [9.17, 15) is 4.79 Å². The zero-order valence-corrected chi connectivity index (χ0v) is 8.66. The Morgan fingerprint density at radius 2 is 2.23 bits per heavy atom. The minimum atomic E-state index is -0.0857. The Kier molecular flexibility index (Phi) is 2.93. The molecule has 1 fully saturated rings. The highest BCUT2D eigenvalue weighted by atomic mass is 16.7. The summed E-state index contributed by atoms with van der Waals surface area (Å²) in [6.45, 7) is 5.21. The van der Waals surface area contributed by atoms with Crippen molar-refractivity contribution in [3.8, 4) is 0 Å². The normalized spacial score (nSPS) is 26.0. The molecule has 1 heterocycles. The van der Waals surface area contributed by atoms with Crippen molar-refractivity contribution in [3.63, 3.8) is 0 Å². The van der Waals surface area contributed by atoms with Crippen LogP contribution in [0.25, 0.3) is 0 Å². The fourth-order valence-corrected chi connectivity index (χ4v) is 1.48. The van der Waals surface area contributed by atoms with Gasteiger partial charge in [-0.05, 0) is 0 Å². The summed E-state index contributed by atoms with van der Waals surface area (Å²) in [6.07, 6.45) is 0. The van der Waals surface area contributed by atoms with Gasteiger partial charge >= 0.3 is 0 Å². The average molecular weight is 187 g/mol. The van der Waals surface area contributed by atoms with Gasteiger partial charge in [0.25, 0.3) is 5.91 Å². The van der Waals surface area contributed by atoms with Crippen molar-refractivity contribution in [3.05, 3.63) is 0 Å². The lowest BCUT2D eigenvalue weighted by Crippen LogP contribution is -2.39. The zero-order chi connectivity index (χ0) is 10.1. The number of nitrogens with zero attached hydrogens (tertiary/aromatic N) is 1. The van der Waals surface area contributed by atoms with Gasteiger partial charge in [-0.15, -0.1) is 0 Å². The Labute approximate surface area is 78.8 Å². The molecule has 0 N–H and O–H groups in total. The molecule has 1 aliphatic heterocycles. The quantitative estimate of drug-likeness (QED) is 0.597. The predicted octanol–water partition coefficient (Wildman–Crippen LogP) is 0.679. The molecule has 0 aromatic rings. The minimum absolute atomic E-state index is 0.00926. The maximum absolute atomic E-state index is 11.7.